The van der Waals surface area contributed by atoms with Crippen LogP contribution in [0.15, 0.2) is 24.3 Å². The lowest BCUT2D eigenvalue weighted by Crippen LogP contribution is -1.87. The smallest absolute Gasteiger partial charge is 0.176 e. The standard InChI is InChI=1S/C9H7ClN2S2/c10-7-4-2-1-3-6(7)5-8-11-12-9(13)14-8/h1-4H,5H2,(H,12,13). The molecule has 0 aliphatic heterocycles. The molecule has 0 radical (unpaired) electrons. The molecule has 2 nitrogen and oxygen atoms in total. The average Bonchev–Trinajstić information content (AvgIpc) is 2.56. The molecule has 1 heterocycles. The SMILES string of the molecule is S=c1[nH]nc(Cc2ccccc2Cl)s1. The molecule has 72 valence electrons. The summed E-state index contributed by atoms with van der Waals surface area (Å²) < 4.78 is 0.701. The first-order valence-electron chi connectivity index (χ1n) is 4.03. The number of hydrogen-bond acceptors (Lipinski definition) is 3. The summed E-state index contributed by atoms with van der Waals surface area (Å²) in [6, 6.07) is 7.75. The van der Waals surface area contributed by atoms with Gasteiger partial charge in [0.2, 0.25) is 0 Å². The lowest BCUT2D eigenvalue weighted by atomic mass is 10.2. The van der Waals surface area contributed by atoms with Crippen LogP contribution in [0, 0.1) is 3.95 Å². The van der Waals surface area contributed by atoms with Crippen molar-refractivity contribution in [3.8, 4) is 0 Å². The molecule has 0 spiro atoms. The van der Waals surface area contributed by atoms with Crippen molar-refractivity contribution in [1.82, 2.24) is 10.2 Å². The van der Waals surface area contributed by atoms with E-state index in [0.29, 0.717) is 3.95 Å². The highest BCUT2D eigenvalue weighted by Gasteiger charge is 2.03. The Labute approximate surface area is 95.6 Å². The van der Waals surface area contributed by atoms with E-state index in [1.54, 1.807) is 0 Å². The van der Waals surface area contributed by atoms with Gasteiger partial charge in [0, 0.05) is 11.4 Å². The van der Waals surface area contributed by atoms with E-state index in [1.807, 2.05) is 24.3 Å². The zero-order valence-corrected chi connectivity index (χ0v) is 9.55. The largest absolute Gasteiger partial charge is 0.258 e. The molecule has 0 bridgehead atoms. The Morgan fingerprint density at radius 3 is 2.86 bits per heavy atom. The van der Waals surface area contributed by atoms with Gasteiger partial charge in [-0.05, 0) is 23.8 Å². The molecular formula is C9H7ClN2S2. The first-order valence-corrected chi connectivity index (χ1v) is 5.64. The lowest BCUT2D eigenvalue weighted by Gasteiger charge is -1.99. The topological polar surface area (TPSA) is 28.7 Å². The molecule has 0 saturated heterocycles. The number of H-pyrrole nitrogens is 1. The second kappa shape index (κ2) is 4.21. The second-order valence-corrected chi connectivity index (χ2v) is 4.93. The number of aromatic nitrogens is 2. The molecule has 5 heteroatoms. The summed E-state index contributed by atoms with van der Waals surface area (Å²) in [6.07, 6.45) is 0.734. The molecule has 0 unspecified atom stereocenters. The number of hydrogen-bond donors (Lipinski definition) is 1. The fourth-order valence-electron chi connectivity index (χ4n) is 1.14. The third kappa shape index (κ3) is 2.20. The molecule has 0 amide bonds. The molecular weight excluding hydrogens is 236 g/mol. The van der Waals surface area contributed by atoms with Gasteiger partial charge in [-0.1, -0.05) is 41.1 Å². The molecule has 0 aliphatic carbocycles. The van der Waals surface area contributed by atoms with E-state index in [-0.39, 0.29) is 0 Å². The summed E-state index contributed by atoms with van der Waals surface area (Å²) in [5.74, 6) is 0. The molecule has 2 aromatic rings. The maximum absolute atomic E-state index is 6.02. The summed E-state index contributed by atoms with van der Waals surface area (Å²) in [5.41, 5.74) is 1.08. The highest BCUT2D eigenvalue weighted by Crippen LogP contribution is 2.19. The van der Waals surface area contributed by atoms with Gasteiger partial charge in [-0.3, -0.25) is 5.10 Å². The Kier molecular flexibility index (Phi) is 2.96. The lowest BCUT2D eigenvalue weighted by molar-refractivity contribution is 0.997. The summed E-state index contributed by atoms with van der Waals surface area (Å²) in [5, 5.41) is 8.56. The predicted octanol–water partition coefficient (Wildman–Crippen LogP) is 3.44. The van der Waals surface area contributed by atoms with Gasteiger partial charge in [-0.15, -0.1) is 0 Å². The summed E-state index contributed by atoms with van der Waals surface area (Å²) in [6.45, 7) is 0. The van der Waals surface area contributed by atoms with Gasteiger partial charge >= 0.3 is 0 Å². The fraction of sp³-hybridized carbons (Fsp3) is 0.111. The first-order chi connectivity index (χ1) is 6.75. The van der Waals surface area contributed by atoms with Gasteiger partial charge in [0.1, 0.15) is 5.01 Å². The van der Waals surface area contributed by atoms with Gasteiger partial charge in [0.05, 0.1) is 0 Å². The van der Waals surface area contributed by atoms with E-state index in [0.717, 1.165) is 22.0 Å². The normalized spacial score (nSPS) is 10.4. The van der Waals surface area contributed by atoms with Crippen LogP contribution in [0.5, 0.6) is 0 Å². The quantitative estimate of drug-likeness (QED) is 0.818. The third-order valence-electron chi connectivity index (χ3n) is 1.78. The number of benzene rings is 1. The molecule has 1 aromatic carbocycles. The highest BCUT2D eigenvalue weighted by molar-refractivity contribution is 7.73. The van der Waals surface area contributed by atoms with Crippen LogP contribution in [-0.2, 0) is 6.42 Å². The zero-order chi connectivity index (χ0) is 9.97. The van der Waals surface area contributed by atoms with E-state index in [1.165, 1.54) is 11.3 Å². The third-order valence-corrected chi connectivity index (χ3v) is 3.24. The van der Waals surface area contributed by atoms with Crippen molar-refractivity contribution < 1.29 is 0 Å². The van der Waals surface area contributed by atoms with Crippen LogP contribution in [0.4, 0.5) is 0 Å². The number of rotatable bonds is 2. The van der Waals surface area contributed by atoms with Crippen LogP contribution in [0.25, 0.3) is 0 Å². The van der Waals surface area contributed by atoms with Crippen LogP contribution in [0.3, 0.4) is 0 Å². The van der Waals surface area contributed by atoms with Crippen molar-refractivity contribution >= 4 is 35.2 Å². The predicted molar refractivity (Wildman–Crippen MR) is 61.6 cm³/mol. The van der Waals surface area contributed by atoms with E-state index in [9.17, 15) is 0 Å². The Hall–Kier alpha value is -0.710. The van der Waals surface area contributed by atoms with Crippen LogP contribution in [0.1, 0.15) is 10.6 Å². The maximum Gasteiger partial charge on any atom is 0.176 e. The zero-order valence-electron chi connectivity index (χ0n) is 7.16. The van der Waals surface area contributed by atoms with E-state index in [4.69, 9.17) is 23.8 Å². The second-order valence-electron chi connectivity index (χ2n) is 2.78. The van der Waals surface area contributed by atoms with Crippen LogP contribution in [-0.4, -0.2) is 10.2 Å². The van der Waals surface area contributed by atoms with Gasteiger partial charge < -0.3 is 0 Å². The maximum atomic E-state index is 6.02. The number of aromatic amines is 1. The van der Waals surface area contributed by atoms with E-state index < -0.39 is 0 Å². The van der Waals surface area contributed by atoms with Crippen LogP contribution < -0.4 is 0 Å². The Bertz CT molecular complexity index is 489. The van der Waals surface area contributed by atoms with Crippen LogP contribution in [0.2, 0.25) is 5.02 Å². The number of nitrogens with zero attached hydrogens (tertiary/aromatic N) is 1. The number of halogens is 1. The van der Waals surface area contributed by atoms with Crippen molar-refractivity contribution in [2.45, 2.75) is 6.42 Å². The molecule has 14 heavy (non-hydrogen) atoms. The van der Waals surface area contributed by atoms with E-state index in [2.05, 4.69) is 10.2 Å². The van der Waals surface area contributed by atoms with Crippen molar-refractivity contribution in [1.29, 1.82) is 0 Å². The molecule has 0 fully saturated rings. The minimum Gasteiger partial charge on any atom is -0.258 e. The first kappa shape index (κ1) is 9.83. The van der Waals surface area contributed by atoms with Gasteiger partial charge in [-0.25, -0.2) is 0 Å². The molecule has 0 atom stereocenters. The van der Waals surface area contributed by atoms with Crippen molar-refractivity contribution in [3.05, 3.63) is 43.8 Å². The molecule has 0 saturated carbocycles. The Morgan fingerprint density at radius 1 is 1.43 bits per heavy atom. The Balaban J connectivity index is 2.27. The summed E-state index contributed by atoms with van der Waals surface area (Å²) >= 11 is 12.5. The molecule has 1 N–H and O–H groups in total. The highest BCUT2D eigenvalue weighted by atomic mass is 35.5. The van der Waals surface area contributed by atoms with Crippen molar-refractivity contribution in [2.24, 2.45) is 0 Å². The molecule has 2 rings (SSSR count). The summed E-state index contributed by atoms with van der Waals surface area (Å²) in [7, 11) is 0. The van der Waals surface area contributed by atoms with E-state index >= 15 is 0 Å². The minimum absolute atomic E-state index is 0.701. The van der Waals surface area contributed by atoms with Gasteiger partial charge in [-0.2, -0.15) is 5.10 Å². The van der Waals surface area contributed by atoms with Gasteiger partial charge in [0.25, 0.3) is 0 Å². The number of nitrogens with one attached hydrogen (secondary N) is 1. The van der Waals surface area contributed by atoms with Crippen molar-refractivity contribution in [3.63, 3.8) is 0 Å². The Morgan fingerprint density at radius 2 is 2.21 bits per heavy atom. The average molecular weight is 243 g/mol. The van der Waals surface area contributed by atoms with Gasteiger partial charge in [0.15, 0.2) is 3.95 Å². The monoisotopic (exact) mass is 242 g/mol. The van der Waals surface area contributed by atoms with Crippen LogP contribution >= 0.6 is 35.2 Å². The molecule has 1 aromatic heterocycles. The molecule has 0 aliphatic rings. The van der Waals surface area contributed by atoms with Crippen molar-refractivity contribution in [2.75, 3.05) is 0 Å². The minimum atomic E-state index is 0.701. The summed E-state index contributed by atoms with van der Waals surface area (Å²) in [4.78, 5) is 0. The fourth-order valence-corrected chi connectivity index (χ4v) is 2.30.